The summed E-state index contributed by atoms with van der Waals surface area (Å²) in [6.07, 6.45) is 0.429. The third kappa shape index (κ3) is 3.04. The van der Waals surface area contributed by atoms with E-state index in [2.05, 4.69) is 11.9 Å². The zero-order valence-electron chi connectivity index (χ0n) is 7.53. The number of hydrogen-bond acceptors (Lipinski definition) is 4. The highest BCUT2D eigenvalue weighted by Gasteiger charge is 2.19. The van der Waals surface area contributed by atoms with Gasteiger partial charge in [0.05, 0.1) is 0 Å². The van der Waals surface area contributed by atoms with E-state index in [0.29, 0.717) is 0 Å². The molecular weight excluding hydrogens is 170 g/mol. The molecule has 0 aromatic rings. The van der Waals surface area contributed by atoms with Crippen molar-refractivity contribution >= 4 is 6.09 Å². The van der Waals surface area contributed by atoms with Gasteiger partial charge in [-0.1, -0.05) is 6.58 Å². The minimum absolute atomic E-state index is 0.389. The molecule has 3 N–H and O–H groups in total. The van der Waals surface area contributed by atoms with Crippen LogP contribution in [-0.2, 0) is 4.74 Å². The molecule has 1 aliphatic heterocycles. The summed E-state index contributed by atoms with van der Waals surface area (Å²) in [6, 6.07) is 0. The lowest BCUT2D eigenvalue weighted by molar-refractivity contribution is 0.0162. The van der Waals surface area contributed by atoms with Crippen LogP contribution in [0.4, 0.5) is 4.79 Å². The van der Waals surface area contributed by atoms with Crippen LogP contribution in [0.2, 0.25) is 0 Å². The second-order valence-corrected chi connectivity index (χ2v) is 2.85. The van der Waals surface area contributed by atoms with Crippen molar-refractivity contribution in [1.29, 1.82) is 0 Å². The minimum Gasteiger partial charge on any atom is -0.427 e. The number of carbonyl (C=O) groups excluding carboxylic acids is 1. The van der Waals surface area contributed by atoms with Crippen molar-refractivity contribution in [3.63, 3.8) is 0 Å². The summed E-state index contributed by atoms with van der Waals surface area (Å²) in [7, 11) is 0. The first-order valence-corrected chi connectivity index (χ1v) is 4.27. The largest absolute Gasteiger partial charge is 0.427 e. The van der Waals surface area contributed by atoms with Gasteiger partial charge in [-0.3, -0.25) is 4.90 Å². The van der Waals surface area contributed by atoms with E-state index in [-0.39, 0.29) is 6.23 Å². The van der Waals surface area contributed by atoms with E-state index in [9.17, 15) is 4.79 Å². The minimum atomic E-state index is -0.761. The average Bonchev–Trinajstić information content (AvgIpc) is 2.15. The lowest BCUT2D eigenvalue weighted by atomic mass is 10.3. The fourth-order valence-electron chi connectivity index (χ4n) is 1.33. The SMILES string of the molecule is C=CC(OC(N)=O)N1CCNCC1. The lowest BCUT2D eigenvalue weighted by Gasteiger charge is -2.31. The van der Waals surface area contributed by atoms with Gasteiger partial charge in [-0.05, 0) is 6.08 Å². The summed E-state index contributed by atoms with van der Waals surface area (Å²) in [5.41, 5.74) is 4.92. The smallest absolute Gasteiger partial charge is 0.406 e. The van der Waals surface area contributed by atoms with Crippen molar-refractivity contribution in [2.24, 2.45) is 5.73 Å². The number of nitrogens with one attached hydrogen (secondary N) is 1. The maximum atomic E-state index is 10.5. The molecule has 1 rings (SSSR count). The molecule has 0 spiro atoms. The van der Waals surface area contributed by atoms with Crippen molar-refractivity contribution in [1.82, 2.24) is 10.2 Å². The Morgan fingerprint density at radius 2 is 2.23 bits per heavy atom. The first-order chi connectivity index (χ1) is 6.24. The van der Waals surface area contributed by atoms with Crippen LogP contribution in [0.3, 0.4) is 0 Å². The molecule has 74 valence electrons. The fourth-order valence-corrected chi connectivity index (χ4v) is 1.33. The molecule has 0 aromatic carbocycles. The van der Waals surface area contributed by atoms with Crippen molar-refractivity contribution in [3.05, 3.63) is 12.7 Å². The van der Waals surface area contributed by atoms with Gasteiger partial charge in [0.15, 0.2) is 6.23 Å². The molecule has 1 aliphatic rings. The highest BCUT2D eigenvalue weighted by atomic mass is 16.6. The third-order valence-electron chi connectivity index (χ3n) is 1.95. The number of hydrogen-bond donors (Lipinski definition) is 2. The predicted molar refractivity (Wildman–Crippen MR) is 49.1 cm³/mol. The van der Waals surface area contributed by atoms with Crippen LogP contribution in [0.25, 0.3) is 0 Å². The van der Waals surface area contributed by atoms with Crippen molar-refractivity contribution in [2.45, 2.75) is 6.23 Å². The van der Waals surface area contributed by atoms with Gasteiger partial charge >= 0.3 is 6.09 Å². The van der Waals surface area contributed by atoms with Gasteiger partial charge < -0.3 is 15.8 Å². The van der Waals surface area contributed by atoms with E-state index < -0.39 is 6.09 Å². The van der Waals surface area contributed by atoms with Gasteiger partial charge in [0, 0.05) is 26.2 Å². The first kappa shape index (κ1) is 10.0. The highest BCUT2D eigenvalue weighted by molar-refractivity contribution is 5.64. The first-order valence-electron chi connectivity index (χ1n) is 4.27. The van der Waals surface area contributed by atoms with Crippen LogP contribution in [0.15, 0.2) is 12.7 Å². The van der Waals surface area contributed by atoms with Crippen LogP contribution < -0.4 is 11.1 Å². The van der Waals surface area contributed by atoms with Crippen LogP contribution in [0, 0.1) is 0 Å². The molecule has 1 amide bonds. The number of primary amides is 1. The number of carbonyl (C=O) groups is 1. The Hall–Kier alpha value is -1.07. The van der Waals surface area contributed by atoms with Crippen LogP contribution in [0.1, 0.15) is 0 Å². The van der Waals surface area contributed by atoms with Gasteiger partial charge in [-0.15, -0.1) is 0 Å². The number of nitrogens with zero attached hydrogens (tertiary/aromatic N) is 1. The molecule has 0 saturated carbocycles. The number of ether oxygens (including phenoxy) is 1. The van der Waals surface area contributed by atoms with Gasteiger partial charge in [0.25, 0.3) is 0 Å². The van der Waals surface area contributed by atoms with E-state index in [1.807, 2.05) is 4.90 Å². The molecule has 13 heavy (non-hydrogen) atoms. The maximum Gasteiger partial charge on any atom is 0.406 e. The molecule has 0 aromatic heterocycles. The quantitative estimate of drug-likeness (QED) is 0.582. The molecule has 1 fully saturated rings. The summed E-state index contributed by atoms with van der Waals surface area (Å²) >= 11 is 0. The Balaban J connectivity index is 2.43. The normalized spacial score (nSPS) is 20.6. The molecule has 5 heteroatoms. The number of amides is 1. The molecule has 1 saturated heterocycles. The van der Waals surface area contributed by atoms with E-state index in [0.717, 1.165) is 26.2 Å². The summed E-state index contributed by atoms with van der Waals surface area (Å²) in [5.74, 6) is 0. The van der Waals surface area contributed by atoms with Gasteiger partial charge in [0.1, 0.15) is 0 Å². The molecule has 1 heterocycles. The summed E-state index contributed by atoms with van der Waals surface area (Å²) in [5, 5.41) is 3.20. The van der Waals surface area contributed by atoms with Crippen LogP contribution in [-0.4, -0.2) is 43.4 Å². The Bertz CT molecular complexity index is 190. The monoisotopic (exact) mass is 185 g/mol. The Morgan fingerprint density at radius 3 is 2.69 bits per heavy atom. The predicted octanol–water partition coefficient (Wildman–Crippen LogP) is -0.501. The number of piperazine rings is 1. The number of rotatable bonds is 3. The third-order valence-corrected chi connectivity index (χ3v) is 1.95. The Morgan fingerprint density at radius 1 is 1.62 bits per heavy atom. The summed E-state index contributed by atoms with van der Waals surface area (Å²) < 4.78 is 4.86. The van der Waals surface area contributed by atoms with E-state index >= 15 is 0 Å². The fraction of sp³-hybridized carbons (Fsp3) is 0.625. The standard InChI is InChI=1S/C8H15N3O2/c1-2-7(13-8(9)12)11-5-3-10-4-6-11/h2,7,10H,1,3-6H2,(H2,9,12). The van der Waals surface area contributed by atoms with Gasteiger partial charge in [-0.25, -0.2) is 4.79 Å². The molecule has 5 nitrogen and oxygen atoms in total. The van der Waals surface area contributed by atoms with Gasteiger partial charge in [-0.2, -0.15) is 0 Å². The van der Waals surface area contributed by atoms with Crippen molar-refractivity contribution < 1.29 is 9.53 Å². The van der Waals surface area contributed by atoms with Crippen molar-refractivity contribution in [3.8, 4) is 0 Å². The number of nitrogens with two attached hydrogens (primary N) is 1. The summed E-state index contributed by atoms with van der Waals surface area (Å²) in [4.78, 5) is 12.5. The van der Waals surface area contributed by atoms with E-state index in [1.165, 1.54) is 0 Å². The molecular formula is C8H15N3O2. The summed E-state index contributed by atoms with van der Waals surface area (Å²) in [6.45, 7) is 7.06. The molecule has 0 bridgehead atoms. The molecule has 1 atom stereocenters. The van der Waals surface area contributed by atoms with Crippen LogP contribution in [0.5, 0.6) is 0 Å². The van der Waals surface area contributed by atoms with Crippen LogP contribution >= 0.6 is 0 Å². The second kappa shape index (κ2) is 4.84. The van der Waals surface area contributed by atoms with E-state index in [1.54, 1.807) is 6.08 Å². The topological polar surface area (TPSA) is 67.6 Å². The molecule has 0 aliphatic carbocycles. The van der Waals surface area contributed by atoms with Gasteiger partial charge in [0.2, 0.25) is 0 Å². The highest BCUT2D eigenvalue weighted by Crippen LogP contribution is 2.03. The average molecular weight is 185 g/mol. The molecule has 1 unspecified atom stereocenters. The Kier molecular flexibility index (Phi) is 3.72. The van der Waals surface area contributed by atoms with Crippen molar-refractivity contribution in [2.75, 3.05) is 26.2 Å². The zero-order valence-corrected chi connectivity index (χ0v) is 7.53. The zero-order chi connectivity index (χ0) is 9.68. The van der Waals surface area contributed by atoms with E-state index in [4.69, 9.17) is 10.5 Å². The second-order valence-electron chi connectivity index (χ2n) is 2.85. The lowest BCUT2D eigenvalue weighted by Crippen LogP contribution is -2.49. The molecule has 0 radical (unpaired) electrons. The maximum absolute atomic E-state index is 10.5. The Labute approximate surface area is 77.5 Å².